The first kappa shape index (κ1) is 16.5. The molecule has 2 N–H and O–H groups in total. The van der Waals surface area contributed by atoms with Gasteiger partial charge in [-0.1, -0.05) is 23.7 Å². The summed E-state index contributed by atoms with van der Waals surface area (Å²) < 4.78 is 0. The second-order valence-corrected chi connectivity index (χ2v) is 6.14. The highest BCUT2D eigenvalue weighted by molar-refractivity contribution is 6.30. The number of halogens is 1. The molecule has 2 amide bonds. The van der Waals surface area contributed by atoms with Crippen LogP contribution in [0.5, 0.6) is 0 Å². The third kappa shape index (κ3) is 7.14. The molecule has 0 saturated carbocycles. The molecule has 0 aliphatic heterocycles. The van der Waals surface area contributed by atoms with Crippen LogP contribution in [0.2, 0.25) is 5.02 Å². The van der Waals surface area contributed by atoms with Crippen LogP contribution in [0.25, 0.3) is 0 Å². The predicted octanol–water partition coefficient (Wildman–Crippen LogP) is 2.30. The number of hydrogen-bond acceptors (Lipinski definition) is 2. The molecule has 20 heavy (non-hydrogen) atoms. The van der Waals surface area contributed by atoms with Crippen molar-refractivity contribution in [1.29, 1.82) is 0 Å². The maximum atomic E-state index is 11.6. The van der Waals surface area contributed by atoms with E-state index in [1.54, 1.807) is 0 Å². The third-order valence-electron chi connectivity index (χ3n) is 2.48. The summed E-state index contributed by atoms with van der Waals surface area (Å²) in [6.07, 6.45) is 0.571. The van der Waals surface area contributed by atoms with Crippen molar-refractivity contribution in [3.63, 3.8) is 0 Å². The summed E-state index contributed by atoms with van der Waals surface area (Å²) in [5.41, 5.74) is 0.773. The number of benzene rings is 1. The summed E-state index contributed by atoms with van der Waals surface area (Å²) in [7, 11) is 0. The summed E-state index contributed by atoms with van der Waals surface area (Å²) in [6, 6.07) is 7.46. The lowest BCUT2D eigenvalue weighted by Gasteiger charge is -2.20. The third-order valence-corrected chi connectivity index (χ3v) is 2.74. The van der Waals surface area contributed by atoms with Crippen LogP contribution in [0.1, 0.15) is 32.8 Å². The van der Waals surface area contributed by atoms with E-state index in [9.17, 15) is 9.59 Å². The van der Waals surface area contributed by atoms with E-state index >= 15 is 0 Å². The van der Waals surface area contributed by atoms with E-state index in [1.165, 1.54) is 0 Å². The molecule has 4 nitrogen and oxygen atoms in total. The minimum absolute atomic E-state index is 0.141. The van der Waals surface area contributed by atoms with E-state index in [-0.39, 0.29) is 23.8 Å². The van der Waals surface area contributed by atoms with Crippen molar-refractivity contribution in [2.75, 3.05) is 6.54 Å². The van der Waals surface area contributed by atoms with Gasteiger partial charge in [0.1, 0.15) is 6.42 Å². The molecule has 0 bridgehead atoms. The molecule has 0 aromatic heterocycles. The minimum Gasteiger partial charge on any atom is -0.355 e. The van der Waals surface area contributed by atoms with Crippen LogP contribution in [0, 0.1) is 0 Å². The highest BCUT2D eigenvalue weighted by Crippen LogP contribution is 2.09. The Bertz CT molecular complexity index is 464. The molecular formula is C15H21ClN2O2. The molecule has 0 radical (unpaired) electrons. The number of amides is 2. The zero-order valence-electron chi connectivity index (χ0n) is 12.1. The normalized spacial score (nSPS) is 11.0. The molecule has 0 atom stereocenters. The van der Waals surface area contributed by atoms with Gasteiger partial charge in [-0.15, -0.1) is 0 Å². The molecule has 0 saturated heterocycles. The Balaban J connectivity index is 2.26. The van der Waals surface area contributed by atoms with Crippen molar-refractivity contribution in [1.82, 2.24) is 10.6 Å². The van der Waals surface area contributed by atoms with Crippen LogP contribution in [-0.2, 0) is 16.0 Å². The smallest absolute Gasteiger partial charge is 0.229 e. The maximum absolute atomic E-state index is 11.6. The van der Waals surface area contributed by atoms with Gasteiger partial charge in [-0.05, 0) is 44.9 Å². The highest BCUT2D eigenvalue weighted by Gasteiger charge is 2.16. The molecule has 110 valence electrons. The van der Waals surface area contributed by atoms with Crippen LogP contribution >= 0.6 is 11.6 Å². The lowest BCUT2D eigenvalue weighted by molar-refractivity contribution is -0.130. The first-order chi connectivity index (χ1) is 9.26. The zero-order chi connectivity index (χ0) is 15.2. The first-order valence-electron chi connectivity index (χ1n) is 6.58. The van der Waals surface area contributed by atoms with Crippen LogP contribution in [0.3, 0.4) is 0 Å². The second-order valence-electron chi connectivity index (χ2n) is 5.70. The Morgan fingerprint density at radius 1 is 1.10 bits per heavy atom. The molecule has 1 aromatic carbocycles. The van der Waals surface area contributed by atoms with E-state index in [0.717, 1.165) is 5.56 Å². The molecular weight excluding hydrogens is 276 g/mol. The predicted molar refractivity (Wildman–Crippen MR) is 80.7 cm³/mol. The monoisotopic (exact) mass is 296 g/mol. The second kappa shape index (κ2) is 7.29. The molecule has 0 fully saturated rings. The summed E-state index contributed by atoms with van der Waals surface area (Å²) >= 11 is 5.79. The largest absolute Gasteiger partial charge is 0.355 e. The summed E-state index contributed by atoms with van der Waals surface area (Å²) in [4.78, 5) is 23.1. The van der Waals surface area contributed by atoms with Crippen molar-refractivity contribution < 1.29 is 9.59 Å². The molecule has 1 aromatic rings. The fraction of sp³-hybridized carbons (Fsp3) is 0.467. The summed E-state index contributed by atoms with van der Waals surface area (Å²) in [5, 5.41) is 6.17. The Labute approximate surface area is 124 Å². The summed E-state index contributed by atoms with van der Waals surface area (Å²) in [6.45, 7) is 6.14. The van der Waals surface area contributed by atoms with Crippen molar-refractivity contribution in [2.45, 2.75) is 39.2 Å². The highest BCUT2D eigenvalue weighted by atomic mass is 35.5. The fourth-order valence-electron chi connectivity index (χ4n) is 1.67. The molecule has 0 unspecified atom stereocenters. The topological polar surface area (TPSA) is 58.2 Å². The van der Waals surface area contributed by atoms with Gasteiger partial charge in [0.05, 0.1) is 0 Å². The molecule has 0 spiro atoms. The standard InChI is InChI=1S/C15H21ClN2O2/c1-15(2,3)18-14(20)10-13(19)17-9-8-11-4-6-12(16)7-5-11/h4-7H,8-10H2,1-3H3,(H,17,19)(H,18,20). The molecule has 0 aliphatic rings. The minimum atomic E-state index is -0.319. The Hall–Kier alpha value is -1.55. The van der Waals surface area contributed by atoms with Gasteiger partial charge in [-0.3, -0.25) is 9.59 Å². The van der Waals surface area contributed by atoms with E-state index in [0.29, 0.717) is 18.0 Å². The van der Waals surface area contributed by atoms with Crippen molar-refractivity contribution in [2.24, 2.45) is 0 Å². The number of carbonyl (C=O) groups excluding carboxylic acids is 2. The first-order valence-corrected chi connectivity index (χ1v) is 6.96. The van der Waals surface area contributed by atoms with Crippen LogP contribution in [-0.4, -0.2) is 23.9 Å². The van der Waals surface area contributed by atoms with Crippen LogP contribution in [0.15, 0.2) is 24.3 Å². The van der Waals surface area contributed by atoms with Gasteiger partial charge in [0.25, 0.3) is 0 Å². The Morgan fingerprint density at radius 2 is 1.70 bits per heavy atom. The van der Waals surface area contributed by atoms with Gasteiger partial charge in [-0.2, -0.15) is 0 Å². The lowest BCUT2D eigenvalue weighted by Crippen LogP contribution is -2.42. The van der Waals surface area contributed by atoms with Gasteiger partial charge in [0.15, 0.2) is 0 Å². The van der Waals surface area contributed by atoms with Crippen molar-refractivity contribution in [3.8, 4) is 0 Å². The summed E-state index contributed by atoms with van der Waals surface area (Å²) in [5.74, 6) is -0.526. The Morgan fingerprint density at radius 3 is 2.25 bits per heavy atom. The number of carbonyl (C=O) groups is 2. The van der Waals surface area contributed by atoms with Crippen molar-refractivity contribution >= 4 is 23.4 Å². The number of hydrogen-bond donors (Lipinski definition) is 2. The SMILES string of the molecule is CC(C)(C)NC(=O)CC(=O)NCCc1ccc(Cl)cc1. The van der Waals surface area contributed by atoms with E-state index in [1.807, 2.05) is 45.0 Å². The fourth-order valence-corrected chi connectivity index (χ4v) is 1.79. The van der Waals surface area contributed by atoms with Gasteiger partial charge >= 0.3 is 0 Å². The lowest BCUT2D eigenvalue weighted by atomic mass is 10.1. The van der Waals surface area contributed by atoms with Gasteiger partial charge in [-0.25, -0.2) is 0 Å². The molecule has 1 rings (SSSR count). The number of rotatable bonds is 5. The maximum Gasteiger partial charge on any atom is 0.229 e. The van der Waals surface area contributed by atoms with E-state index in [2.05, 4.69) is 10.6 Å². The van der Waals surface area contributed by atoms with E-state index < -0.39 is 0 Å². The van der Waals surface area contributed by atoms with Gasteiger partial charge in [0.2, 0.25) is 11.8 Å². The molecule has 0 aliphatic carbocycles. The van der Waals surface area contributed by atoms with Crippen LogP contribution < -0.4 is 10.6 Å². The quantitative estimate of drug-likeness (QED) is 0.819. The van der Waals surface area contributed by atoms with Gasteiger partial charge < -0.3 is 10.6 Å². The van der Waals surface area contributed by atoms with E-state index in [4.69, 9.17) is 11.6 Å². The number of nitrogens with one attached hydrogen (secondary N) is 2. The molecule has 5 heteroatoms. The molecule has 0 heterocycles. The van der Waals surface area contributed by atoms with Gasteiger partial charge in [0, 0.05) is 17.1 Å². The zero-order valence-corrected chi connectivity index (χ0v) is 12.9. The average molecular weight is 297 g/mol. The van der Waals surface area contributed by atoms with Crippen LogP contribution in [0.4, 0.5) is 0 Å². The average Bonchev–Trinajstić information content (AvgIpc) is 2.29. The van der Waals surface area contributed by atoms with Crippen molar-refractivity contribution in [3.05, 3.63) is 34.9 Å². The Kier molecular flexibility index (Phi) is 6.02.